The molecular weight excluding hydrogens is 451 g/mol. The molecule has 2 amide bonds. The van der Waals surface area contributed by atoms with Crippen molar-refractivity contribution in [3.63, 3.8) is 0 Å². The first-order chi connectivity index (χ1) is 13.9. The zero-order valence-electron chi connectivity index (χ0n) is 16.3. The minimum atomic E-state index is -0.605. The number of amides is 2. The summed E-state index contributed by atoms with van der Waals surface area (Å²) >= 11 is 20.1. The van der Waals surface area contributed by atoms with Gasteiger partial charge in [0.15, 0.2) is 0 Å². The number of halogens is 3. The van der Waals surface area contributed by atoms with Crippen LogP contribution in [-0.4, -0.2) is 35.6 Å². The number of likely N-dealkylation sites (N-methyl/N-ethyl adjacent to an activating group) is 1. The van der Waals surface area contributed by atoms with Gasteiger partial charge >= 0.3 is 0 Å². The lowest BCUT2D eigenvalue weighted by Crippen LogP contribution is -2.48. The third-order valence-electron chi connectivity index (χ3n) is 4.41. The van der Waals surface area contributed by atoms with Crippen LogP contribution >= 0.6 is 46.6 Å². The molecule has 2 rings (SSSR count). The molecule has 0 saturated carbocycles. The predicted octanol–water partition coefficient (Wildman–Crippen LogP) is 5.43. The van der Waals surface area contributed by atoms with Crippen molar-refractivity contribution < 1.29 is 9.59 Å². The largest absolute Gasteiger partial charge is 0.357 e. The van der Waals surface area contributed by atoms with Crippen LogP contribution in [0.5, 0.6) is 0 Å². The summed E-state index contributed by atoms with van der Waals surface area (Å²) in [5.41, 5.74) is 1.67. The standard InChI is InChI=1S/C21H23Cl3N2O2S/c1-3-19(21(28)25-2)26(11-16-17(23)8-5-9-18(16)24)20(27)13-29-12-14-6-4-7-15(22)10-14/h4-10,19H,3,11-13H2,1-2H3,(H,25,28). The second kappa shape index (κ2) is 11.7. The van der Waals surface area contributed by atoms with Crippen LogP contribution in [-0.2, 0) is 21.9 Å². The molecule has 156 valence electrons. The van der Waals surface area contributed by atoms with Crippen LogP contribution in [0.3, 0.4) is 0 Å². The Morgan fingerprint density at radius 1 is 1.10 bits per heavy atom. The van der Waals surface area contributed by atoms with Gasteiger partial charge < -0.3 is 10.2 Å². The van der Waals surface area contributed by atoms with E-state index in [4.69, 9.17) is 34.8 Å². The summed E-state index contributed by atoms with van der Waals surface area (Å²) in [7, 11) is 1.56. The number of nitrogens with one attached hydrogen (secondary N) is 1. The molecule has 0 heterocycles. The first-order valence-electron chi connectivity index (χ1n) is 9.13. The van der Waals surface area contributed by atoms with Gasteiger partial charge in [0.05, 0.1) is 5.75 Å². The zero-order chi connectivity index (χ0) is 21.4. The molecule has 0 aromatic heterocycles. The average molecular weight is 474 g/mol. The molecule has 0 aliphatic carbocycles. The average Bonchev–Trinajstić information content (AvgIpc) is 2.69. The lowest BCUT2D eigenvalue weighted by atomic mass is 10.1. The highest BCUT2D eigenvalue weighted by Crippen LogP contribution is 2.27. The molecule has 0 aliphatic heterocycles. The van der Waals surface area contributed by atoms with E-state index < -0.39 is 6.04 Å². The van der Waals surface area contributed by atoms with Crippen LogP contribution in [0.15, 0.2) is 42.5 Å². The number of nitrogens with zero attached hydrogens (tertiary/aromatic N) is 1. The first-order valence-corrected chi connectivity index (χ1v) is 11.4. The van der Waals surface area contributed by atoms with E-state index in [1.807, 2.05) is 31.2 Å². The molecule has 0 fully saturated rings. The van der Waals surface area contributed by atoms with Crippen molar-refractivity contribution in [3.05, 3.63) is 68.7 Å². The highest BCUT2D eigenvalue weighted by molar-refractivity contribution is 7.99. The molecule has 0 saturated heterocycles. The molecule has 1 atom stereocenters. The van der Waals surface area contributed by atoms with E-state index in [1.165, 1.54) is 11.8 Å². The molecule has 0 aliphatic rings. The molecule has 0 spiro atoms. The summed E-state index contributed by atoms with van der Waals surface area (Å²) in [6, 6.07) is 12.1. The highest BCUT2D eigenvalue weighted by Gasteiger charge is 2.29. The van der Waals surface area contributed by atoms with E-state index in [-0.39, 0.29) is 24.1 Å². The molecule has 8 heteroatoms. The van der Waals surface area contributed by atoms with Gasteiger partial charge in [-0.3, -0.25) is 9.59 Å². The second-order valence-corrected chi connectivity index (χ2v) is 8.62. The van der Waals surface area contributed by atoms with Gasteiger partial charge in [-0.05, 0) is 36.2 Å². The van der Waals surface area contributed by atoms with Gasteiger partial charge in [0.1, 0.15) is 6.04 Å². The number of hydrogen-bond acceptors (Lipinski definition) is 3. The fourth-order valence-electron chi connectivity index (χ4n) is 2.91. The van der Waals surface area contributed by atoms with Gasteiger partial charge in [-0.1, -0.05) is 59.9 Å². The number of hydrogen-bond donors (Lipinski definition) is 1. The topological polar surface area (TPSA) is 49.4 Å². The smallest absolute Gasteiger partial charge is 0.242 e. The summed E-state index contributed by atoms with van der Waals surface area (Å²) in [4.78, 5) is 27.0. The van der Waals surface area contributed by atoms with E-state index in [2.05, 4.69) is 5.32 Å². The number of thioether (sulfide) groups is 1. The van der Waals surface area contributed by atoms with Crippen LogP contribution in [0.4, 0.5) is 0 Å². The van der Waals surface area contributed by atoms with Gasteiger partial charge in [-0.2, -0.15) is 0 Å². The Morgan fingerprint density at radius 3 is 2.34 bits per heavy atom. The van der Waals surface area contributed by atoms with Gasteiger partial charge in [0.25, 0.3) is 0 Å². The lowest BCUT2D eigenvalue weighted by Gasteiger charge is -2.30. The van der Waals surface area contributed by atoms with Crippen LogP contribution in [0.25, 0.3) is 0 Å². The minimum absolute atomic E-state index is 0.150. The van der Waals surface area contributed by atoms with Crippen molar-refractivity contribution in [1.82, 2.24) is 10.2 Å². The molecule has 1 unspecified atom stereocenters. The quantitative estimate of drug-likeness (QED) is 0.528. The van der Waals surface area contributed by atoms with Gasteiger partial charge in [-0.15, -0.1) is 11.8 Å². The van der Waals surface area contributed by atoms with Gasteiger partial charge in [0.2, 0.25) is 11.8 Å². The molecule has 2 aromatic rings. The first kappa shape index (κ1) is 23.9. The van der Waals surface area contributed by atoms with E-state index in [9.17, 15) is 9.59 Å². The normalized spacial score (nSPS) is 11.8. The van der Waals surface area contributed by atoms with E-state index in [0.29, 0.717) is 32.8 Å². The number of carbonyl (C=O) groups is 2. The van der Waals surface area contributed by atoms with Crippen molar-refractivity contribution in [2.45, 2.75) is 31.7 Å². The maximum absolute atomic E-state index is 13.1. The Kier molecular flexibility index (Phi) is 9.63. The van der Waals surface area contributed by atoms with E-state index in [0.717, 1.165) is 5.56 Å². The van der Waals surface area contributed by atoms with Gasteiger partial charge in [0, 0.05) is 40.0 Å². The lowest BCUT2D eigenvalue weighted by molar-refractivity contribution is -0.139. The van der Waals surface area contributed by atoms with Gasteiger partial charge in [-0.25, -0.2) is 0 Å². The molecule has 29 heavy (non-hydrogen) atoms. The summed E-state index contributed by atoms with van der Waals surface area (Å²) in [5.74, 6) is 0.499. The Hall–Kier alpha value is -1.40. The third kappa shape index (κ3) is 6.82. The van der Waals surface area contributed by atoms with E-state index in [1.54, 1.807) is 30.1 Å². The molecule has 0 bridgehead atoms. The van der Waals surface area contributed by atoms with Crippen molar-refractivity contribution in [2.75, 3.05) is 12.8 Å². The Bertz CT molecular complexity index is 843. The number of benzene rings is 2. The van der Waals surface area contributed by atoms with Crippen LogP contribution in [0.1, 0.15) is 24.5 Å². The summed E-state index contributed by atoms with van der Waals surface area (Å²) < 4.78 is 0. The minimum Gasteiger partial charge on any atom is -0.357 e. The SMILES string of the molecule is CCC(C(=O)NC)N(Cc1c(Cl)cccc1Cl)C(=O)CSCc1cccc(Cl)c1. The number of rotatable bonds is 9. The fourth-order valence-corrected chi connectivity index (χ4v) is 4.49. The Balaban J connectivity index is 2.17. The third-order valence-corrected chi connectivity index (χ3v) is 6.34. The maximum Gasteiger partial charge on any atom is 0.242 e. The monoisotopic (exact) mass is 472 g/mol. The van der Waals surface area contributed by atoms with Crippen molar-refractivity contribution in [2.24, 2.45) is 0 Å². The van der Waals surface area contributed by atoms with Crippen LogP contribution < -0.4 is 5.32 Å². The number of carbonyl (C=O) groups excluding carboxylic acids is 2. The summed E-state index contributed by atoms with van der Waals surface area (Å²) in [5, 5.41) is 4.23. The van der Waals surface area contributed by atoms with E-state index >= 15 is 0 Å². The zero-order valence-corrected chi connectivity index (χ0v) is 19.3. The second-order valence-electron chi connectivity index (χ2n) is 6.38. The summed E-state index contributed by atoms with van der Waals surface area (Å²) in [6.45, 7) is 2.04. The Morgan fingerprint density at radius 2 is 1.76 bits per heavy atom. The highest BCUT2D eigenvalue weighted by atomic mass is 35.5. The summed E-state index contributed by atoms with van der Waals surface area (Å²) in [6.07, 6.45) is 0.479. The van der Waals surface area contributed by atoms with Crippen LogP contribution in [0, 0.1) is 0 Å². The molecular formula is C21H23Cl3N2O2S. The van der Waals surface area contributed by atoms with Crippen molar-refractivity contribution in [1.29, 1.82) is 0 Å². The predicted molar refractivity (Wildman–Crippen MR) is 123 cm³/mol. The molecule has 2 aromatic carbocycles. The fraction of sp³-hybridized carbons (Fsp3) is 0.333. The molecule has 0 radical (unpaired) electrons. The Labute approximate surface area is 190 Å². The molecule has 1 N–H and O–H groups in total. The van der Waals surface area contributed by atoms with Crippen LogP contribution in [0.2, 0.25) is 15.1 Å². The van der Waals surface area contributed by atoms with Crippen molar-refractivity contribution in [3.8, 4) is 0 Å². The maximum atomic E-state index is 13.1. The van der Waals surface area contributed by atoms with Crippen molar-refractivity contribution >= 4 is 58.4 Å². The molecule has 4 nitrogen and oxygen atoms in total.